The molecule has 1 heterocycles. The zero-order chi connectivity index (χ0) is 15.6. The summed E-state index contributed by atoms with van der Waals surface area (Å²) in [6.45, 7) is -0.623. The van der Waals surface area contributed by atoms with Crippen molar-refractivity contribution in [2.75, 3.05) is 25.0 Å². The molecule has 0 saturated carbocycles. The molecule has 0 atom stereocenters. The van der Waals surface area contributed by atoms with Crippen molar-refractivity contribution >= 4 is 5.69 Å². The average Bonchev–Trinajstić information content (AvgIpc) is 2.34. The molecule has 0 aliphatic carbocycles. The number of nitrogens with zero attached hydrogens (tertiary/aromatic N) is 1. The molecule has 0 radical (unpaired) electrons. The highest BCUT2D eigenvalue weighted by molar-refractivity contribution is 5.47. The highest BCUT2D eigenvalue weighted by Crippen LogP contribution is 2.25. The first kappa shape index (κ1) is 15.9. The van der Waals surface area contributed by atoms with E-state index < -0.39 is 35.9 Å². The number of hydrogen-bond donors (Lipinski definition) is 1. The summed E-state index contributed by atoms with van der Waals surface area (Å²) >= 11 is 0. The highest BCUT2D eigenvalue weighted by Gasteiger charge is 2.32. The molecule has 0 amide bonds. The maximum atomic E-state index is 13.5. The third kappa shape index (κ3) is 4.52. The quantitative estimate of drug-likeness (QED) is 0.859. The van der Waals surface area contributed by atoms with Gasteiger partial charge in [0.2, 0.25) is 0 Å². The molecule has 1 fully saturated rings. The second kappa shape index (κ2) is 6.13. The van der Waals surface area contributed by atoms with Gasteiger partial charge in [-0.2, -0.15) is 13.2 Å². The molecular weight excluding hydrogens is 298 g/mol. The number of halogens is 6. The van der Waals surface area contributed by atoms with Gasteiger partial charge < -0.3 is 5.32 Å². The Morgan fingerprint density at radius 1 is 1.05 bits per heavy atom. The molecule has 1 aliphatic rings. The van der Waals surface area contributed by atoms with Gasteiger partial charge in [0, 0.05) is 31.3 Å². The molecule has 118 valence electrons. The Balaban J connectivity index is 1.92. The minimum Gasteiger partial charge on any atom is -0.377 e. The summed E-state index contributed by atoms with van der Waals surface area (Å²) < 4.78 is 76.4. The first-order valence-corrected chi connectivity index (χ1v) is 6.45. The zero-order valence-electron chi connectivity index (χ0n) is 11.0. The van der Waals surface area contributed by atoms with E-state index in [2.05, 4.69) is 5.32 Å². The van der Waals surface area contributed by atoms with E-state index in [0.29, 0.717) is 25.0 Å². The van der Waals surface area contributed by atoms with Crippen molar-refractivity contribution < 1.29 is 26.3 Å². The summed E-state index contributed by atoms with van der Waals surface area (Å²) in [4.78, 5) is 1.25. The van der Waals surface area contributed by atoms with Crippen molar-refractivity contribution in [2.24, 2.45) is 0 Å². The Labute approximate surface area is 117 Å². The van der Waals surface area contributed by atoms with Gasteiger partial charge in [0.1, 0.15) is 11.5 Å². The number of piperidine rings is 1. The number of alkyl halides is 3. The van der Waals surface area contributed by atoms with Crippen molar-refractivity contribution in [3.63, 3.8) is 0 Å². The van der Waals surface area contributed by atoms with E-state index in [1.54, 1.807) is 0 Å². The van der Waals surface area contributed by atoms with E-state index in [9.17, 15) is 26.3 Å². The zero-order valence-corrected chi connectivity index (χ0v) is 11.0. The van der Waals surface area contributed by atoms with Crippen molar-refractivity contribution in [1.82, 2.24) is 4.90 Å². The molecule has 8 heteroatoms. The average molecular weight is 312 g/mol. The molecule has 0 aromatic heterocycles. The monoisotopic (exact) mass is 312 g/mol. The van der Waals surface area contributed by atoms with Crippen molar-refractivity contribution in [3.05, 3.63) is 29.6 Å². The molecule has 1 N–H and O–H groups in total. The van der Waals surface area contributed by atoms with E-state index in [1.165, 1.54) is 4.90 Å². The van der Waals surface area contributed by atoms with Crippen LogP contribution in [0.2, 0.25) is 0 Å². The van der Waals surface area contributed by atoms with E-state index >= 15 is 0 Å². The Morgan fingerprint density at radius 3 is 2.05 bits per heavy atom. The molecule has 1 saturated heterocycles. The van der Waals surface area contributed by atoms with Crippen LogP contribution in [0.4, 0.5) is 32.0 Å². The summed E-state index contributed by atoms with van der Waals surface area (Å²) in [5.74, 6) is -3.12. The van der Waals surface area contributed by atoms with E-state index in [-0.39, 0.29) is 19.1 Å². The van der Waals surface area contributed by atoms with Gasteiger partial charge in [0.05, 0.1) is 6.54 Å². The van der Waals surface area contributed by atoms with Gasteiger partial charge in [0.25, 0.3) is 0 Å². The van der Waals surface area contributed by atoms with E-state index in [4.69, 9.17) is 0 Å². The Bertz CT molecular complexity index is 471. The predicted octanol–water partition coefficient (Wildman–Crippen LogP) is 3.54. The first-order chi connectivity index (χ1) is 9.74. The first-order valence-electron chi connectivity index (χ1n) is 6.45. The number of anilines is 1. The Morgan fingerprint density at radius 2 is 1.57 bits per heavy atom. The summed E-state index contributed by atoms with van der Waals surface area (Å²) in [5.41, 5.74) is -0.439. The standard InChI is InChI=1S/C13H14F6N2/c14-8-5-10(15)12(11(16)6-8)20-9-1-3-21(4-2-9)7-13(17,18)19/h5-6,9,20H,1-4,7H2. The van der Waals surface area contributed by atoms with Crippen LogP contribution in [-0.2, 0) is 0 Å². The highest BCUT2D eigenvalue weighted by atomic mass is 19.4. The SMILES string of the molecule is Fc1cc(F)c(NC2CCN(CC(F)(F)F)CC2)c(F)c1. The maximum Gasteiger partial charge on any atom is 0.401 e. The molecule has 0 spiro atoms. The van der Waals surface area contributed by atoms with Crippen LogP contribution in [0, 0.1) is 17.5 Å². The minimum atomic E-state index is -4.25. The normalized spacial score (nSPS) is 18.0. The Hall–Kier alpha value is -1.44. The summed E-state index contributed by atoms with van der Waals surface area (Å²) in [6, 6.07) is 0.776. The summed E-state index contributed by atoms with van der Waals surface area (Å²) in [7, 11) is 0. The van der Waals surface area contributed by atoms with E-state index in [1.807, 2.05) is 0 Å². The minimum absolute atomic E-state index is 0.182. The second-order valence-electron chi connectivity index (χ2n) is 5.05. The molecule has 0 bridgehead atoms. The number of likely N-dealkylation sites (tertiary alicyclic amines) is 1. The lowest BCUT2D eigenvalue weighted by Gasteiger charge is -2.33. The van der Waals surface area contributed by atoms with Gasteiger partial charge >= 0.3 is 6.18 Å². The topological polar surface area (TPSA) is 15.3 Å². The summed E-state index contributed by atoms with van der Waals surface area (Å²) in [6.07, 6.45) is -3.60. The lowest BCUT2D eigenvalue weighted by molar-refractivity contribution is -0.147. The van der Waals surface area contributed by atoms with Crippen molar-refractivity contribution in [2.45, 2.75) is 25.1 Å². The van der Waals surface area contributed by atoms with Crippen molar-refractivity contribution in [3.8, 4) is 0 Å². The van der Waals surface area contributed by atoms with Gasteiger partial charge in [0.15, 0.2) is 11.6 Å². The molecule has 2 nitrogen and oxygen atoms in total. The fraction of sp³-hybridized carbons (Fsp3) is 0.538. The smallest absolute Gasteiger partial charge is 0.377 e. The second-order valence-corrected chi connectivity index (χ2v) is 5.05. The lowest BCUT2D eigenvalue weighted by atomic mass is 10.0. The Kier molecular flexibility index (Phi) is 4.65. The van der Waals surface area contributed by atoms with Crippen molar-refractivity contribution in [1.29, 1.82) is 0 Å². The molecule has 0 unspecified atom stereocenters. The van der Waals surface area contributed by atoms with Gasteiger partial charge in [-0.15, -0.1) is 0 Å². The van der Waals surface area contributed by atoms with Crippen LogP contribution < -0.4 is 5.32 Å². The van der Waals surface area contributed by atoms with Gasteiger partial charge in [-0.3, -0.25) is 4.90 Å². The van der Waals surface area contributed by atoms with Crippen LogP contribution in [0.15, 0.2) is 12.1 Å². The van der Waals surface area contributed by atoms with Gasteiger partial charge in [-0.05, 0) is 12.8 Å². The number of rotatable bonds is 3. The maximum absolute atomic E-state index is 13.5. The van der Waals surface area contributed by atoms with Gasteiger partial charge in [-0.1, -0.05) is 0 Å². The molecule has 1 aliphatic heterocycles. The molecular formula is C13H14F6N2. The van der Waals surface area contributed by atoms with Crippen LogP contribution >= 0.6 is 0 Å². The molecule has 1 aromatic carbocycles. The number of nitrogens with one attached hydrogen (secondary N) is 1. The third-order valence-electron chi connectivity index (χ3n) is 3.35. The van der Waals surface area contributed by atoms with E-state index in [0.717, 1.165) is 0 Å². The van der Waals surface area contributed by atoms with Crippen LogP contribution in [0.3, 0.4) is 0 Å². The lowest BCUT2D eigenvalue weighted by Crippen LogP contribution is -2.43. The molecule has 21 heavy (non-hydrogen) atoms. The number of benzene rings is 1. The van der Waals surface area contributed by atoms with Crippen LogP contribution in [0.25, 0.3) is 0 Å². The fourth-order valence-electron chi connectivity index (χ4n) is 2.37. The summed E-state index contributed by atoms with van der Waals surface area (Å²) in [5, 5.41) is 2.60. The molecule has 2 rings (SSSR count). The van der Waals surface area contributed by atoms with Crippen LogP contribution in [0.5, 0.6) is 0 Å². The molecule has 1 aromatic rings. The number of hydrogen-bond acceptors (Lipinski definition) is 2. The third-order valence-corrected chi connectivity index (χ3v) is 3.35. The van der Waals surface area contributed by atoms with Crippen LogP contribution in [-0.4, -0.2) is 36.8 Å². The largest absolute Gasteiger partial charge is 0.401 e. The predicted molar refractivity (Wildman–Crippen MR) is 65.5 cm³/mol. The van der Waals surface area contributed by atoms with Gasteiger partial charge in [-0.25, -0.2) is 13.2 Å². The van der Waals surface area contributed by atoms with Crippen LogP contribution in [0.1, 0.15) is 12.8 Å². The fourth-order valence-corrected chi connectivity index (χ4v) is 2.37.